The van der Waals surface area contributed by atoms with Crippen molar-refractivity contribution in [2.75, 3.05) is 12.4 Å². The zero-order chi connectivity index (χ0) is 13.7. The van der Waals surface area contributed by atoms with Crippen LogP contribution in [0.4, 0.5) is 5.69 Å². The number of hydrogen-bond donors (Lipinski definition) is 2. The summed E-state index contributed by atoms with van der Waals surface area (Å²) in [6, 6.07) is 15.4. The van der Waals surface area contributed by atoms with E-state index in [1.807, 2.05) is 30.3 Å². The van der Waals surface area contributed by atoms with Crippen LogP contribution in [0.3, 0.4) is 0 Å². The van der Waals surface area contributed by atoms with Gasteiger partial charge in [0.25, 0.3) is 0 Å². The molecule has 3 nitrogen and oxygen atoms in total. The number of rotatable bonds is 5. The fraction of sp³-hybridized carbons (Fsp3) is 0.250. The highest BCUT2D eigenvalue weighted by Crippen LogP contribution is 2.21. The number of benzene rings is 2. The van der Waals surface area contributed by atoms with Crippen molar-refractivity contribution in [2.24, 2.45) is 0 Å². The van der Waals surface area contributed by atoms with Gasteiger partial charge in [-0.3, -0.25) is 0 Å². The fourth-order valence-electron chi connectivity index (χ4n) is 2.13. The summed E-state index contributed by atoms with van der Waals surface area (Å²) in [6.45, 7) is 2.11. The lowest BCUT2D eigenvalue weighted by molar-refractivity contribution is 0.409. The van der Waals surface area contributed by atoms with Crippen LogP contribution >= 0.6 is 0 Å². The molecule has 0 saturated heterocycles. The van der Waals surface area contributed by atoms with Gasteiger partial charge in [-0.25, -0.2) is 0 Å². The zero-order valence-electron chi connectivity index (χ0n) is 11.3. The van der Waals surface area contributed by atoms with Gasteiger partial charge in [-0.15, -0.1) is 0 Å². The predicted octanol–water partition coefficient (Wildman–Crippen LogP) is 3.44. The molecule has 0 radical (unpaired) electrons. The molecule has 0 aromatic heterocycles. The first-order chi connectivity index (χ1) is 9.19. The maximum Gasteiger partial charge on any atom is 0.122 e. The smallest absolute Gasteiger partial charge is 0.122 e. The second kappa shape index (κ2) is 6.14. The third kappa shape index (κ3) is 3.65. The highest BCUT2D eigenvalue weighted by Gasteiger charge is 2.08. The highest BCUT2D eigenvalue weighted by atomic mass is 16.5. The van der Waals surface area contributed by atoms with Gasteiger partial charge in [0.1, 0.15) is 11.5 Å². The van der Waals surface area contributed by atoms with Crippen molar-refractivity contribution in [1.29, 1.82) is 0 Å². The fourth-order valence-corrected chi connectivity index (χ4v) is 2.13. The van der Waals surface area contributed by atoms with Crippen LogP contribution in [0.15, 0.2) is 48.5 Å². The maximum absolute atomic E-state index is 9.44. The Kier molecular flexibility index (Phi) is 4.29. The second-order valence-electron chi connectivity index (χ2n) is 4.61. The summed E-state index contributed by atoms with van der Waals surface area (Å²) >= 11 is 0. The van der Waals surface area contributed by atoms with E-state index < -0.39 is 0 Å². The maximum atomic E-state index is 9.44. The second-order valence-corrected chi connectivity index (χ2v) is 4.61. The van der Waals surface area contributed by atoms with Crippen LogP contribution in [0.25, 0.3) is 0 Å². The summed E-state index contributed by atoms with van der Waals surface area (Å²) in [6.07, 6.45) is 0.861. The standard InChI is InChI=1S/C16H19NO2/c1-12(17-14-7-5-8-15(18)11-14)10-13-6-3-4-9-16(13)19-2/h3-9,11-12,17-18H,10H2,1-2H3. The molecule has 0 saturated carbocycles. The Bertz CT molecular complexity index is 540. The van der Waals surface area contributed by atoms with Crippen LogP contribution in [-0.4, -0.2) is 18.3 Å². The van der Waals surface area contributed by atoms with Gasteiger partial charge < -0.3 is 15.2 Å². The average molecular weight is 257 g/mol. The topological polar surface area (TPSA) is 41.5 Å². The minimum atomic E-state index is 0.248. The van der Waals surface area contributed by atoms with Crippen molar-refractivity contribution in [2.45, 2.75) is 19.4 Å². The van der Waals surface area contributed by atoms with Crippen LogP contribution in [0.2, 0.25) is 0 Å². The molecular formula is C16H19NO2. The molecule has 2 aromatic carbocycles. The quantitative estimate of drug-likeness (QED) is 0.862. The van der Waals surface area contributed by atoms with E-state index in [0.29, 0.717) is 0 Å². The number of ether oxygens (including phenoxy) is 1. The van der Waals surface area contributed by atoms with Gasteiger partial charge in [-0.05, 0) is 37.1 Å². The van der Waals surface area contributed by atoms with E-state index in [2.05, 4.69) is 18.3 Å². The van der Waals surface area contributed by atoms with Crippen molar-refractivity contribution < 1.29 is 9.84 Å². The van der Waals surface area contributed by atoms with Crippen molar-refractivity contribution in [1.82, 2.24) is 0 Å². The lowest BCUT2D eigenvalue weighted by Crippen LogP contribution is -2.18. The SMILES string of the molecule is COc1ccccc1CC(C)Nc1cccc(O)c1. The van der Waals surface area contributed by atoms with Gasteiger partial charge in [-0.1, -0.05) is 24.3 Å². The monoisotopic (exact) mass is 257 g/mol. The lowest BCUT2D eigenvalue weighted by atomic mass is 10.1. The summed E-state index contributed by atoms with van der Waals surface area (Å²) in [4.78, 5) is 0. The first-order valence-electron chi connectivity index (χ1n) is 6.36. The molecule has 19 heavy (non-hydrogen) atoms. The Morgan fingerprint density at radius 1 is 1.16 bits per heavy atom. The van der Waals surface area contributed by atoms with Crippen LogP contribution in [-0.2, 0) is 6.42 Å². The number of methoxy groups -OCH3 is 1. The number of phenolic OH excluding ortho intramolecular Hbond substituents is 1. The summed E-state index contributed by atoms with van der Waals surface area (Å²) in [5, 5.41) is 12.8. The Labute approximate surface area is 113 Å². The Hall–Kier alpha value is -2.16. The third-order valence-electron chi connectivity index (χ3n) is 2.98. The number of hydrogen-bond acceptors (Lipinski definition) is 3. The molecular weight excluding hydrogens is 238 g/mol. The van der Waals surface area contributed by atoms with E-state index in [1.54, 1.807) is 19.2 Å². The van der Waals surface area contributed by atoms with Crippen LogP contribution in [0.1, 0.15) is 12.5 Å². The van der Waals surface area contributed by atoms with Gasteiger partial charge in [0.15, 0.2) is 0 Å². The van der Waals surface area contributed by atoms with E-state index >= 15 is 0 Å². The van der Waals surface area contributed by atoms with E-state index in [1.165, 1.54) is 5.56 Å². The van der Waals surface area contributed by atoms with Crippen LogP contribution in [0, 0.1) is 0 Å². The molecule has 1 atom stereocenters. The van der Waals surface area contributed by atoms with Gasteiger partial charge in [0.2, 0.25) is 0 Å². The largest absolute Gasteiger partial charge is 0.508 e. The van der Waals surface area contributed by atoms with E-state index in [4.69, 9.17) is 4.74 Å². The molecule has 2 N–H and O–H groups in total. The Balaban J connectivity index is 2.03. The molecule has 0 spiro atoms. The molecule has 0 bridgehead atoms. The normalized spacial score (nSPS) is 11.9. The van der Waals surface area contributed by atoms with Crippen molar-refractivity contribution in [3.05, 3.63) is 54.1 Å². The number of para-hydroxylation sites is 1. The average Bonchev–Trinajstić information content (AvgIpc) is 2.39. The molecule has 2 aromatic rings. The zero-order valence-corrected chi connectivity index (χ0v) is 11.3. The molecule has 1 unspecified atom stereocenters. The highest BCUT2D eigenvalue weighted by molar-refractivity contribution is 5.48. The van der Waals surface area contributed by atoms with Crippen molar-refractivity contribution in [3.8, 4) is 11.5 Å². The minimum Gasteiger partial charge on any atom is -0.508 e. The Morgan fingerprint density at radius 3 is 2.68 bits per heavy atom. The summed E-state index contributed by atoms with van der Waals surface area (Å²) in [7, 11) is 1.69. The number of nitrogens with one attached hydrogen (secondary N) is 1. The van der Waals surface area contributed by atoms with Gasteiger partial charge in [0.05, 0.1) is 7.11 Å². The summed E-state index contributed by atoms with van der Waals surface area (Å²) in [5.41, 5.74) is 2.09. The number of aromatic hydroxyl groups is 1. The molecule has 100 valence electrons. The van der Waals surface area contributed by atoms with Gasteiger partial charge in [-0.2, -0.15) is 0 Å². The van der Waals surface area contributed by atoms with E-state index in [-0.39, 0.29) is 11.8 Å². The molecule has 0 amide bonds. The molecule has 0 aliphatic rings. The first kappa shape index (κ1) is 13.3. The molecule has 0 fully saturated rings. The van der Waals surface area contributed by atoms with Crippen LogP contribution in [0.5, 0.6) is 11.5 Å². The lowest BCUT2D eigenvalue weighted by Gasteiger charge is -2.17. The van der Waals surface area contributed by atoms with E-state index in [0.717, 1.165) is 17.9 Å². The molecule has 0 aliphatic heterocycles. The summed E-state index contributed by atoms with van der Waals surface area (Å²) < 4.78 is 5.35. The van der Waals surface area contributed by atoms with Crippen molar-refractivity contribution >= 4 is 5.69 Å². The van der Waals surface area contributed by atoms with Gasteiger partial charge in [0, 0.05) is 17.8 Å². The molecule has 2 rings (SSSR count). The minimum absolute atomic E-state index is 0.248. The first-order valence-corrected chi connectivity index (χ1v) is 6.36. The Morgan fingerprint density at radius 2 is 1.95 bits per heavy atom. The van der Waals surface area contributed by atoms with Gasteiger partial charge >= 0.3 is 0 Å². The third-order valence-corrected chi connectivity index (χ3v) is 2.98. The number of anilines is 1. The molecule has 3 heteroatoms. The number of phenols is 1. The van der Waals surface area contributed by atoms with Crippen LogP contribution < -0.4 is 10.1 Å². The molecule has 0 heterocycles. The summed E-state index contributed by atoms with van der Waals surface area (Å²) in [5.74, 6) is 1.18. The molecule has 0 aliphatic carbocycles. The predicted molar refractivity (Wildman–Crippen MR) is 77.9 cm³/mol. The van der Waals surface area contributed by atoms with Crippen molar-refractivity contribution in [3.63, 3.8) is 0 Å². The van der Waals surface area contributed by atoms with E-state index in [9.17, 15) is 5.11 Å².